The lowest BCUT2D eigenvalue weighted by atomic mass is 10.2. The summed E-state index contributed by atoms with van der Waals surface area (Å²) in [5.74, 6) is -1.09. The third-order valence-corrected chi connectivity index (χ3v) is 3.98. The number of nitrogens with one attached hydrogen (secondary N) is 1. The van der Waals surface area contributed by atoms with Crippen LogP contribution in [0.2, 0.25) is 5.02 Å². The van der Waals surface area contributed by atoms with Gasteiger partial charge in [0, 0.05) is 36.9 Å². The molecule has 0 unspecified atom stereocenters. The molecule has 1 fully saturated rings. The van der Waals surface area contributed by atoms with Crippen molar-refractivity contribution in [2.24, 2.45) is 0 Å². The van der Waals surface area contributed by atoms with Gasteiger partial charge in [0.25, 0.3) is 0 Å². The van der Waals surface area contributed by atoms with Crippen LogP contribution in [0.5, 0.6) is 0 Å². The van der Waals surface area contributed by atoms with Gasteiger partial charge in [0.15, 0.2) is 0 Å². The van der Waals surface area contributed by atoms with Gasteiger partial charge < -0.3 is 15.1 Å². The number of amides is 2. The van der Waals surface area contributed by atoms with Gasteiger partial charge in [-0.15, -0.1) is 0 Å². The zero-order valence-electron chi connectivity index (χ0n) is 12.4. The highest BCUT2D eigenvalue weighted by Crippen LogP contribution is 2.20. The number of likely N-dealkylation sites (N-methyl/N-ethyl adjacent to an activating group) is 1. The third kappa shape index (κ3) is 3.95. The maximum absolute atomic E-state index is 12.2. The Morgan fingerprint density at radius 3 is 2.52 bits per heavy atom. The fraction of sp³-hybridized carbons (Fsp3) is 0.467. The first-order valence-corrected chi connectivity index (χ1v) is 7.48. The van der Waals surface area contributed by atoms with Gasteiger partial charge in [0.2, 0.25) is 0 Å². The largest absolute Gasteiger partial charge is 0.332 e. The molecule has 1 N–H and O–H groups in total. The number of carbonyl (C=O) groups excluding carboxylic acids is 2. The van der Waals surface area contributed by atoms with Crippen molar-refractivity contribution in [3.8, 4) is 0 Å². The second-order valence-corrected chi connectivity index (χ2v) is 5.58. The maximum atomic E-state index is 12.2. The minimum atomic E-state index is -0.606. The fourth-order valence-corrected chi connectivity index (χ4v) is 2.49. The topological polar surface area (TPSA) is 52.7 Å². The molecule has 1 aromatic carbocycles. The Kier molecular flexibility index (Phi) is 5.20. The van der Waals surface area contributed by atoms with Crippen molar-refractivity contribution >= 4 is 29.1 Å². The molecule has 0 bridgehead atoms. The molecule has 0 atom stereocenters. The van der Waals surface area contributed by atoms with E-state index in [9.17, 15) is 9.59 Å². The summed E-state index contributed by atoms with van der Waals surface area (Å²) in [6, 6.07) is 5.21. The lowest BCUT2D eigenvalue weighted by Gasteiger charge is -2.33. The van der Waals surface area contributed by atoms with Crippen molar-refractivity contribution in [3.63, 3.8) is 0 Å². The van der Waals surface area contributed by atoms with Crippen LogP contribution in [0.15, 0.2) is 18.2 Å². The van der Waals surface area contributed by atoms with Gasteiger partial charge in [-0.2, -0.15) is 0 Å². The van der Waals surface area contributed by atoms with Crippen LogP contribution in [0.4, 0.5) is 5.69 Å². The molecule has 1 aliphatic rings. The Bertz CT molecular complexity index is 540. The van der Waals surface area contributed by atoms with E-state index < -0.39 is 11.8 Å². The van der Waals surface area contributed by atoms with Gasteiger partial charge in [-0.3, -0.25) is 9.59 Å². The van der Waals surface area contributed by atoms with Crippen LogP contribution in [-0.2, 0) is 9.59 Å². The van der Waals surface area contributed by atoms with Crippen molar-refractivity contribution < 1.29 is 9.59 Å². The van der Waals surface area contributed by atoms with Crippen LogP contribution in [0.25, 0.3) is 0 Å². The molecule has 0 saturated carbocycles. The van der Waals surface area contributed by atoms with Gasteiger partial charge in [-0.1, -0.05) is 24.6 Å². The second kappa shape index (κ2) is 6.91. The molecule has 0 aromatic heterocycles. The Balaban J connectivity index is 1.97. The fourth-order valence-electron chi connectivity index (χ4n) is 2.32. The van der Waals surface area contributed by atoms with Gasteiger partial charge in [-0.05, 0) is 31.2 Å². The first-order valence-electron chi connectivity index (χ1n) is 7.10. The van der Waals surface area contributed by atoms with Crippen molar-refractivity contribution in [2.75, 3.05) is 38.0 Å². The summed E-state index contributed by atoms with van der Waals surface area (Å²) in [5.41, 5.74) is 1.45. The maximum Gasteiger partial charge on any atom is 0.313 e. The first kappa shape index (κ1) is 15.8. The number of rotatable bonds is 2. The molecule has 2 rings (SSSR count). The quantitative estimate of drug-likeness (QED) is 0.847. The summed E-state index contributed by atoms with van der Waals surface area (Å²) in [5, 5.41) is 3.17. The molecular weight excluding hydrogens is 290 g/mol. The van der Waals surface area contributed by atoms with E-state index in [1.807, 2.05) is 13.0 Å². The van der Waals surface area contributed by atoms with E-state index >= 15 is 0 Å². The Morgan fingerprint density at radius 2 is 1.90 bits per heavy atom. The van der Waals surface area contributed by atoms with Crippen LogP contribution in [0, 0.1) is 6.92 Å². The van der Waals surface area contributed by atoms with Crippen LogP contribution >= 0.6 is 11.6 Å². The number of anilines is 1. The molecule has 0 radical (unpaired) electrons. The number of carbonyl (C=O) groups is 2. The number of hydrogen-bond acceptors (Lipinski definition) is 3. The molecule has 5 nitrogen and oxygen atoms in total. The van der Waals surface area contributed by atoms with E-state index in [4.69, 9.17) is 11.6 Å². The molecular formula is C15H20ClN3O2. The highest BCUT2D eigenvalue weighted by atomic mass is 35.5. The van der Waals surface area contributed by atoms with E-state index in [0.717, 1.165) is 25.2 Å². The normalized spacial score (nSPS) is 15.9. The smallest absolute Gasteiger partial charge is 0.313 e. The molecule has 0 spiro atoms. The predicted molar refractivity (Wildman–Crippen MR) is 83.5 cm³/mol. The predicted octanol–water partition coefficient (Wildman–Crippen LogP) is 1.75. The van der Waals surface area contributed by atoms with E-state index in [0.29, 0.717) is 23.8 Å². The highest BCUT2D eigenvalue weighted by molar-refractivity contribution is 6.39. The number of halogens is 1. The first-order chi connectivity index (χ1) is 10.0. The number of benzene rings is 1. The third-order valence-electron chi connectivity index (χ3n) is 3.75. The van der Waals surface area contributed by atoms with Gasteiger partial charge in [-0.25, -0.2) is 0 Å². The lowest BCUT2D eigenvalue weighted by molar-refractivity contribution is -0.144. The molecule has 1 heterocycles. The molecule has 0 aliphatic carbocycles. The lowest BCUT2D eigenvalue weighted by Crippen LogP contribution is -2.51. The zero-order chi connectivity index (χ0) is 15.4. The summed E-state index contributed by atoms with van der Waals surface area (Å²) in [4.78, 5) is 28.1. The van der Waals surface area contributed by atoms with Crippen LogP contribution in [-0.4, -0.2) is 54.3 Å². The Labute approximate surface area is 129 Å². The second-order valence-electron chi connectivity index (χ2n) is 5.14. The van der Waals surface area contributed by atoms with Crippen molar-refractivity contribution in [1.29, 1.82) is 0 Å². The van der Waals surface area contributed by atoms with Gasteiger partial charge >= 0.3 is 11.8 Å². The van der Waals surface area contributed by atoms with E-state index in [-0.39, 0.29) is 0 Å². The number of hydrogen-bond donors (Lipinski definition) is 1. The molecule has 114 valence electrons. The number of piperazine rings is 1. The summed E-state index contributed by atoms with van der Waals surface area (Å²) < 4.78 is 0. The molecule has 1 saturated heterocycles. The Morgan fingerprint density at radius 1 is 1.24 bits per heavy atom. The van der Waals surface area contributed by atoms with Crippen LogP contribution in [0.1, 0.15) is 12.5 Å². The van der Waals surface area contributed by atoms with Crippen LogP contribution in [0.3, 0.4) is 0 Å². The van der Waals surface area contributed by atoms with E-state index in [1.54, 1.807) is 17.0 Å². The van der Waals surface area contributed by atoms with Crippen LogP contribution < -0.4 is 5.32 Å². The minimum Gasteiger partial charge on any atom is -0.332 e. The summed E-state index contributed by atoms with van der Waals surface area (Å²) in [6.07, 6.45) is 0. The van der Waals surface area contributed by atoms with E-state index in [1.165, 1.54) is 0 Å². The summed E-state index contributed by atoms with van der Waals surface area (Å²) in [6.45, 7) is 7.72. The minimum absolute atomic E-state index is 0.481. The average Bonchev–Trinajstić information content (AvgIpc) is 2.50. The van der Waals surface area contributed by atoms with Crippen molar-refractivity contribution in [3.05, 3.63) is 28.8 Å². The summed E-state index contributed by atoms with van der Waals surface area (Å²) in [7, 11) is 0. The van der Waals surface area contributed by atoms with Crippen molar-refractivity contribution in [2.45, 2.75) is 13.8 Å². The average molecular weight is 310 g/mol. The Hall–Kier alpha value is -1.59. The molecule has 1 aromatic rings. The summed E-state index contributed by atoms with van der Waals surface area (Å²) >= 11 is 5.91. The zero-order valence-corrected chi connectivity index (χ0v) is 13.1. The van der Waals surface area contributed by atoms with Crippen molar-refractivity contribution in [1.82, 2.24) is 9.80 Å². The van der Waals surface area contributed by atoms with Gasteiger partial charge in [0.05, 0.1) is 0 Å². The molecule has 21 heavy (non-hydrogen) atoms. The number of nitrogens with zero attached hydrogens (tertiary/aromatic N) is 2. The SMILES string of the molecule is CCN1CCN(C(=O)C(=O)Nc2cc(Cl)ccc2C)CC1. The van der Waals surface area contributed by atoms with Gasteiger partial charge in [0.1, 0.15) is 0 Å². The molecule has 2 amide bonds. The molecule has 6 heteroatoms. The standard InChI is InChI=1S/C15H20ClN3O2/c1-3-18-6-8-19(9-7-18)15(21)14(20)17-13-10-12(16)5-4-11(13)2/h4-5,10H,3,6-9H2,1-2H3,(H,17,20). The highest BCUT2D eigenvalue weighted by Gasteiger charge is 2.25. The number of aryl methyl sites for hydroxylation is 1. The monoisotopic (exact) mass is 309 g/mol. The van der Waals surface area contributed by atoms with E-state index in [2.05, 4.69) is 17.1 Å². The molecule has 1 aliphatic heterocycles.